The lowest BCUT2D eigenvalue weighted by Crippen LogP contribution is -2.51. The van der Waals surface area contributed by atoms with Crippen LogP contribution in [0.2, 0.25) is 0 Å². The molecule has 6 rings (SSSR count). The van der Waals surface area contributed by atoms with E-state index < -0.39 is 0 Å². The maximum atomic E-state index is 6.39. The van der Waals surface area contributed by atoms with Crippen molar-refractivity contribution >= 4 is 0 Å². The molecule has 6 unspecified atom stereocenters. The lowest BCUT2D eigenvalue weighted by Gasteiger charge is -2.55. The number of hydrogen-bond acceptors (Lipinski definition) is 2. The zero-order valence-electron chi connectivity index (χ0n) is 17.0. The largest absolute Gasteiger partial charge is 0.375 e. The van der Waals surface area contributed by atoms with Crippen LogP contribution in [-0.2, 0) is 4.74 Å². The maximum Gasteiger partial charge on any atom is 0.0923 e. The summed E-state index contributed by atoms with van der Waals surface area (Å²) in [5.41, 5.74) is 3.80. The van der Waals surface area contributed by atoms with Crippen molar-refractivity contribution in [2.45, 2.75) is 70.3 Å². The van der Waals surface area contributed by atoms with Crippen LogP contribution in [0, 0.1) is 29.1 Å². The summed E-state index contributed by atoms with van der Waals surface area (Å²) in [4.78, 5) is 2.67. The molecule has 0 radical (unpaired) electrons. The molecule has 6 atom stereocenters. The predicted molar refractivity (Wildman–Crippen MR) is 109 cm³/mol. The van der Waals surface area contributed by atoms with Gasteiger partial charge in [0.25, 0.3) is 0 Å². The molecule has 0 amide bonds. The van der Waals surface area contributed by atoms with Gasteiger partial charge in [-0.25, -0.2) is 0 Å². The van der Waals surface area contributed by atoms with Crippen molar-refractivity contribution in [3.63, 3.8) is 0 Å². The lowest BCUT2D eigenvalue weighted by molar-refractivity contribution is -0.107. The molecule has 2 aliphatic heterocycles. The number of fused-ring (bicyclic) bond motifs is 6. The van der Waals surface area contributed by atoms with E-state index in [0.29, 0.717) is 5.41 Å². The molecule has 2 heterocycles. The fraction of sp³-hybridized carbons (Fsp3) is 0.760. The first-order chi connectivity index (χ1) is 13.2. The molecular formula is C25H35NO. The molecule has 146 valence electrons. The number of likely N-dealkylation sites (tertiary alicyclic amines) is 1. The Morgan fingerprint density at radius 1 is 1.07 bits per heavy atom. The third kappa shape index (κ3) is 2.29. The zero-order chi connectivity index (χ0) is 18.1. The molecule has 0 aromatic heterocycles. The monoisotopic (exact) mass is 365 g/mol. The minimum atomic E-state index is 0.0714. The Morgan fingerprint density at radius 2 is 1.96 bits per heavy atom. The average molecular weight is 366 g/mol. The highest BCUT2D eigenvalue weighted by molar-refractivity contribution is 5.34. The molecule has 2 saturated carbocycles. The van der Waals surface area contributed by atoms with Gasteiger partial charge >= 0.3 is 0 Å². The molecule has 0 aromatic rings. The Labute approximate surface area is 164 Å². The molecule has 2 heteroatoms. The second-order valence-electron chi connectivity index (χ2n) is 10.4. The number of hydrogen-bond donors (Lipinski definition) is 0. The van der Waals surface area contributed by atoms with E-state index in [4.69, 9.17) is 4.74 Å². The second-order valence-corrected chi connectivity index (χ2v) is 10.4. The number of allylic oxidation sites excluding steroid dienone is 4. The number of ether oxygens (including phenoxy) is 1. The van der Waals surface area contributed by atoms with E-state index >= 15 is 0 Å². The number of rotatable bonds is 1. The van der Waals surface area contributed by atoms with Crippen LogP contribution >= 0.6 is 0 Å². The predicted octanol–water partition coefficient (Wildman–Crippen LogP) is 5.47. The molecule has 27 heavy (non-hydrogen) atoms. The zero-order valence-corrected chi connectivity index (χ0v) is 17.0. The molecule has 3 fully saturated rings. The first-order valence-electron chi connectivity index (χ1n) is 11.7. The van der Waals surface area contributed by atoms with E-state index in [1.54, 1.807) is 11.3 Å². The maximum absolute atomic E-state index is 6.39. The van der Waals surface area contributed by atoms with Crippen LogP contribution in [-0.4, -0.2) is 30.2 Å². The second kappa shape index (κ2) is 5.99. The first-order valence-corrected chi connectivity index (χ1v) is 11.7. The Balaban J connectivity index is 1.28. The van der Waals surface area contributed by atoms with Gasteiger partial charge in [-0.1, -0.05) is 25.2 Å². The van der Waals surface area contributed by atoms with E-state index in [9.17, 15) is 0 Å². The van der Waals surface area contributed by atoms with Gasteiger partial charge in [0.05, 0.1) is 12.2 Å². The normalized spacial score (nSPS) is 48.3. The fourth-order valence-corrected chi connectivity index (χ4v) is 8.22. The van der Waals surface area contributed by atoms with Crippen molar-refractivity contribution in [3.8, 4) is 0 Å². The van der Waals surface area contributed by atoms with Crippen molar-refractivity contribution in [2.24, 2.45) is 29.1 Å². The van der Waals surface area contributed by atoms with Gasteiger partial charge in [0.2, 0.25) is 0 Å². The summed E-state index contributed by atoms with van der Waals surface area (Å²) in [5.74, 6) is 3.54. The highest BCUT2D eigenvalue weighted by Gasteiger charge is 2.62. The van der Waals surface area contributed by atoms with Crippen LogP contribution in [0.3, 0.4) is 0 Å². The van der Waals surface area contributed by atoms with Gasteiger partial charge in [-0.3, -0.25) is 0 Å². The van der Waals surface area contributed by atoms with Gasteiger partial charge in [-0.2, -0.15) is 0 Å². The molecule has 6 aliphatic rings. The van der Waals surface area contributed by atoms with Gasteiger partial charge < -0.3 is 9.64 Å². The fourth-order valence-electron chi connectivity index (χ4n) is 8.22. The summed E-state index contributed by atoms with van der Waals surface area (Å²) in [6.07, 6.45) is 22.3. The number of nitrogens with zero attached hydrogens (tertiary/aromatic N) is 1. The van der Waals surface area contributed by atoms with Crippen molar-refractivity contribution in [1.29, 1.82) is 0 Å². The first kappa shape index (κ1) is 16.9. The van der Waals surface area contributed by atoms with Gasteiger partial charge in [0.15, 0.2) is 0 Å². The van der Waals surface area contributed by atoms with E-state index in [1.807, 2.05) is 0 Å². The summed E-state index contributed by atoms with van der Waals surface area (Å²) in [7, 11) is 0. The quantitative estimate of drug-likeness (QED) is 0.571. The van der Waals surface area contributed by atoms with E-state index in [2.05, 4.69) is 36.1 Å². The Bertz CT molecular complexity index is 714. The van der Waals surface area contributed by atoms with Crippen LogP contribution in [0.1, 0.15) is 64.7 Å². The topological polar surface area (TPSA) is 12.5 Å². The molecule has 0 N–H and O–H groups in total. The SMILES string of the molecule is CC12CCC3C4CCC(N5CCCC5)=CC4=CCC3C1CCC21C=CCO1. The van der Waals surface area contributed by atoms with Crippen molar-refractivity contribution in [1.82, 2.24) is 4.90 Å². The molecule has 2 nitrogen and oxygen atoms in total. The summed E-state index contributed by atoms with van der Waals surface area (Å²) in [6.45, 7) is 6.01. The van der Waals surface area contributed by atoms with Gasteiger partial charge in [0, 0.05) is 24.2 Å². The van der Waals surface area contributed by atoms with Crippen LogP contribution in [0.25, 0.3) is 0 Å². The van der Waals surface area contributed by atoms with E-state index in [1.165, 1.54) is 70.9 Å². The minimum absolute atomic E-state index is 0.0714. The van der Waals surface area contributed by atoms with Crippen LogP contribution in [0.4, 0.5) is 0 Å². The van der Waals surface area contributed by atoms with Crippen LogP contribution in [0.5, 0.6) is 0 Å². The lowest BCUT2D eigenvalue weighted by atomic mass is 9.51. The third-order valence-electron chi connectivity index (χ3n) is 9.63. The summed E-state index contributed by atoms with van der Waals surface area (Å²) < 4.78 is 6.39. The van der Waals surface area contributed by atoms with E-state index in [0.717, 1.165) is 30.3 Å². The van der Waals surface area contributed by atoms with Gasteiger partial charge in [-0.05, 0) is 93.1 Å². The molecule has 1 saturated heterocycles. The highest BCUT2D eigenvalue weighted by Crippen LogP contribution is 2.66. The standard InChI is InChI=1S/C25H35NO/c1-24-12-9-21-20-8-6-19(26-14-2-3-15-26)17-18(20)5-7-22(21)23(24)10-13-25(24)11-4-16-27-25/h4-5,11,17,20-23H,2-3,6-10,12-16H2,1H3. The smallest absolute Gasteiger partial charge is 0.0923 e. The van der Waals surface area contributed by atoms with Crippen molar-refractivity contribution < 1.29 is 4.74 Å². The molecule has 4 aliphatic carbocycles. The molecule has 1 spiro atoms. The summed E-state index contributed by atoms with van der Waals surface area (Å²) in [6, 6.07) is 0. The average Bonchev–Trinajstić information content (AvgIpc) is 3.43. The van der Waals surface area contributed by atoms with Crippen LogP contribution in [0.15, 0.2) is 35.6 Å². The van der Waals surface area contributed by atoms with E-state index in [-0.39, 0.29) is 5.60 Å². The minimum Gasteiger partial charge on any atom is -0.375 e. The Kier molecular flexibility index (Phi) is 3.75. The molecule has 0 aromatic carbocycles. The third-order valence-corrected chi connectivity index (χ3v) is 9.63. The van der Waals surface area contributed by atoms with Crippen molar-refractivity contribution in [2.75, 3.05) is 19.7 Å². The van der Waals surface area contributed by atoms with Gasteiger partial charge in [-0.15, -0.1) is 0 Å². The molecular weight excluding hydrogens is 330 g/mol. The molecule has 0 bridgehead atoms. The highest BCUT2D eigenvalue weighted by atomic mass is 16.5. The Morgan fingerprint density at radius 3 is 2.78 bits per heavy atom. The van der Waals surface area contributed by atoms with Gasteiger partial charge in [0.1, 0.15) is 0 Å². The van der Waals surface area contributed by atoms with Crippen LogP contribution < -0.4 is 0 Å². The Hall–Kier alpha value is -1.02. The van der Waals surface area contributed by atoms with Crippen molar-refractivity contribution in [3.05, 3.63) is 35.6 Å². The summed E-state index contributed by atoms with van der Waals surface area (Å²) >= 11 is 0. The summed E-state index contributed by atoms with van der Waals surface area (Å²) in [5, 5.41) is 0.